The van der Waals surface area contributed by atoms with Crippen molar-refractivity contribution in [2.24, 2.45) is 0 Å². The lowest BCUT2D eigenvalue weighted by Crippen LogP contribution is -2.37. The first kappa shape index (κ1) is 67.9. The number of ether oxygens (including phenoxy) is 2. The van der Waals surface area contributed by atoms with Crippen molar-refractivity contribution in [3.8, 4) is 0 Å². The maximum absolute atomic E-state index is 12.8. The number of esters is 2. The summed E-state index contributed by atoms with van der Waals surface area (Å²) in [7, 11) is 1.15. The number of nitrogens with zero attached hydrogens (tertiary/aromatic N) is 1. The van der Waals surface area contributed by atoms with Crippen molar-refractivity contribution in [3.63, 3.8) is 0 Å². The summed E-state index contributed by atoms with van der Waals surface area (Å²) in [4.78, 5) is 37.8. The molecular weight excluding hydrogens is 906 g/mol. The lowest BCUT2D eigenvalue weighted by atomic mass is 10.0. The van der Waals surface area contributed by atoms with Gasteiger partial charge in [-0.3, -0.25) is 14.2 Å². The fraction of sp³-hybridized carbons (Fsp3) is 0.705. The molecule has 0 radical (unpaired) electrons. The van der Waals surface area contributed by atoms with Gasteiger partial charge in [0, 0.05) is 12.8 Å². The highest BCUT2D eigenvalue weighted by Gasteiger charge is 2.21. The molecule has 0 aliphatic heterocycles. The summed E-state index contributed by atoms with van der Waals surface area (Å²) >= 11 is 0. The molecule has 0 aromatic heterocycles. The van der Waals surface area contributed by atoms with E-state index in [0.717, 1.165) is 103 Å². The van der Waals surface area contributed by atoms with Crippen LogP contribution in [0.3, 0.4) is 0 Å². The fourth-order valence-electron chi connectivity index (χ4n) is 7.44. The summed E-state index contributed by atoms with van der Waals surface area (Å²) < 4.78 is 34.1. The zero-order valence-corrected chi connectivity index (χ0v) is 47.0. The predicted molar refractivity (Wildman–Crippen MR) is 300 cm³/mol. The quantitative estimate of drug-likeness (QED) is 0.0195. The third-order valence-corrected chi connectivity index (χ3v) is 12.8. The van der Waals surface area contributed by atoms with Gasteiger partial charge in [-0.15, -0.1) is 0 Å². The van der Waals surface area contributed by atoms with Crippen LogP contribution in [0.4, 0.5) is 0 Å². The lowest BCUT2D eigenvalue weighted by Gasteiger charge is -2.28. The van der Waals surface area contributed by atoms with E-state index in [4.69, 9.17) is 18.5 Å². The molecule has 408 valence electrons. The van der Waals surface area contributed by atoms with Gasteiger partial charge in [0.15, 0.2) is 6.10 Å². The number of allylic oxidation sites excluding steroid dienone is 16. The standard InChI is InChI=1S/C61H106NO8P/c1-6-8-10-12-14-16-18-20-22-23-24-25-26-27-28-29-30-31-32-33-34-35-36-37-38-39-40-42-44-46-48-50-52-54-61(64)70-59(58-69-71(65,66)68-56-55-62(3,4)5)57-67-60(63)53-51-49-47-45-43-41-21-19-17-15-13-11-9-7-2/h8,10,13-16,19-22,24-25,27-28,30-31,59H,6-7,9,11-12,17-18,23,26,29,32-58H2,1-5H3/b10-8-,15-13-,16-14-,21-19-,22-20-,25-24-,28-27-,31-30-. The van der Waals surface area contributed by atoms with Gasteiger partial charge in [0.2, 0.25) is 0 Å². The minimum atomic E-state index is -4.64. The average molecular weight is 1010 g/mol. The first-order valence-corrected chi connectivity index (χ1v) is 29.9. The lowest BCUT2D eigenvalue weighted by molar-refractivity contribution is -0.870. The molecule has 0 aromatic carbocycles. The molecule has 0 aromatic rings. The van der Waals surface area contributed by atoms with Gasteiger partial charge in [-0.1, -0.05) is 220 Å². The van der Waals surface area contributed by atoms with Crippen LogP contribution < -0.4 is 4.89 Å². The van der Waals surface area contributed by atoms with Crippen molar-refractivity contribution in [2.45, 2.75) is 232 Å². The second-order valence-electron chi connectivity index (χ2n) is 19.9. The Balaban J connectivity index is 4.10. The van der Waals surface area contributed by atoms with Gasteiger partial charge in [0.1, 0.15) is 19.8 Å². The molecule has 71 heavy (non-hydrogen) atoms. The van der Waals surface area contributed by atoms with Crippen molar-refractivity contribution in [1.29, 1.82) is 0 Å². The van der Waals surface area contributed by atoms with Crippen LogP contribution in [0.15, 0.2) is 97.2 Å². The van der Waals surface area contributed by atoms with Gasteiger partial charge >= 0.3 is 11.9 Å². The molecule has 0 spiro atoms. The number of phosphoric ester groups is 1. The Bertz CT molecular complexity index is 1520. The van der Waals surface area contributed by atoms with Gasteiger partial charge in [-0.25, -0.2) is 0 Å². The van der Waals surface area contributed by atoms with Crippen LogP contribution in [0.2, 0.25) is 0 Å². The Morgan fingerprint density at radius 2 is 0.803 bits per heavy atom. The number of hydrogen-bond donors (Lipinski definition) is 0. The van der Waals surface area contributed by atoms with E-state index < -0.39 is 32.5 Å². The number of rotatable bonds is 51. The molecule has 0 amide bonds. The van der Waals surface area contributed by atoms with Crippen molar-refractivity contribution in [3.05, 3.63) is 97.2 Å². The highest BCUT2D eigenvalue weighted by atomic mass is 31.2. The number of hydrogen-bond acceptors (Lipinski definition) is 8. The molecule has 10 heteroatoms. The summed E-state index contributed by atoms with van der Waals surface area (Å²) in [6.07, 6.45) is 70.3. The van der Waals surface area contributed by atoms with E-state index in [1.54, 1.807) is 0 Å². The van der Waals surface area contributed by atoms with Crippen LogP contribution in [-0.4, -0.2) is 70.0 Å². The van der Waals surface area contributed by atoms with Gasteiger partial charge in [0.05, 0.1) is 27.7 Å². The van der Waals surface area contributed by atoms with E-state index in [1.165, 1.54) is 83.5 Å². The third-order valence-electron chi connectivity index (χ3n) is 11.8. The number of likely N-dealkylation sites (N-methyl/N-ethyl adjacent to an activating group) is 1. The van der Waals surface area contributed by atoms with E-state index in [0.29, 0.717) is 23.9 Å². The normalized spacial score (nSPS) is 14.1. The van der Waals surface area contributed by atoms with Crippen molar-refractivity contribution in [1.82, 2.24) is 0 Å². The third kappa shape index (κ3) is 56.1. The Morgan fingerprint density at radius 3 is 1.20 bits per heavy atom. The monoisotopic (exact) mass is 1010 g/mol. The van der Waals surface area contributed by atoms with Crippen LogP contribution in [0, 0.1) is 0 Å². The van der Waals surface area contributed by atoms with Crippen molar-refractivity contribution in [2.75, 3.05) is 47.5 Å². The molecule has 0 saturated heterocycles. The molecule has 9 nitrogen and oxygen atoms in total. The Labute approximate surface area is 436 Å². The molecule has 0 N–H and O–H groups in total. The SMILES string of the molecule is CC/C=C\C/C=C\C/C=C\C/C=C\C/C=C\C/C=C\CCCCCCCCCCCCCCCCC(=O)OC(COC(=O)CCCCCCC/C=C\C/C=C\CCCC)COP(=O)([O-])OCC[N+](C)(C)C. The van der Waals surface area contributed by atoms with E-state index in [2.05, 4.69) is 111 Å². The number of carbonyl (C=O) groups is 2. The Hall–Kier alpha value is -3.07. The summed E-state index contributed by atoms with van der Waals surface area (Å²) in [5.74, 6) is -0.853. The number of carbonyl (C=O) groups excluding carboxylic acids is 2. The molecule has 0 bridgehead atoms. The summed E-state index contributed by atoms with van der Waals surface area (Å²) in [6.45, 7) is 4.06. The van der Waals surface area contributed by atoms with Crippen molar-refractivity contribution >= 4 is 19.8 Å². The van der Waals surface area contributed by atoms with E-state index in [-0.39, 0.29) is 26.1 Å². The number of phosphoric acid groups is 1. The minimum Gasteiger partial charge on any atom is -0.756 e. The van der Waals surface area contributed by atoms with Gasteiger partial charge in [-0.2, -0.15) is 0 Å². The molecule has 2 atom stereocenters. The van der Waals surface area contributed by atoms with E-state index >= 15 is 0 Å². The summed E-state index contributed by atoms with van der Waals surface area (Å²) in [5.41, 5.74) is 0. The van der Waals surface area contributed by atoms with Crippen molar-refractivity contribution < 1.29 is 42.1 Å². The minimum absolute atomic E-state index is 0.0368. The Kier molecular flexibility index (Phi) is 49.6. The molecule has 0 fully saturated rings. The van der Waals surface area contributed by atoms with Gasteiger partial charge in [0.25, 0.3) is 7.82 Å². The molecule has 0 heterocycles. The Morgan fingerprint density at radius 1 is 0.451 bits per heavy atom. The van der Waals surface area contributed by atoms with Gasteiger partial charge < -0.3 is 27.9 Å². The van der Waals surface area contributed by atoms with Crippen LogP contribution >= 0.6 is 7.82 Å². The number of quaternary nitrogens is 1. The van der Waals surface area contributed by atoms with Crippen LogP contribution in [0.1, 0.15) is 226 Å². The molecule has 0 rings (SSSR count). The maximum Gasteiger partial charge on any atom is 0.306 e. The first-order chi connectivity index (χ1) is 34.5. The highest BCUT2D eigenvalue weighted by molar-refractivity contribution is 7.45. The highest BCUT2D eigenvalue weighted by Crippen LogP contribution is 2.38. The predicted octanol–water partition coefficient (Wildman–Crippen LogP) is 17.0. The van der Waals surface area contributed by atoms with Crippen LogP contribution in [-0.2, 0) is 32.7 Å². The smallest absolute Gasteiger partial charge is 0.306 e. The van der Waals surface area contributed by atoms with Crippen LogP contribution in [0.5, 0.6) is 0 Å². The molecule has 2 unspecified atom stereocenters. The first-order valence-electron chi connectivity index (χ1n) is 28.4. The zero-order chi connectivity index (χ0) is 52.0. The fourth-order valence-corrected chi connectivity index (χ4v) is 8.17. The molecule has 0 aliphatic carbocycles. The van der Waals surface area contributed by atoms with E-state index in [9.17, 15) is 19.0 Å². The average Bonchev–Trinajstić information content (AvgIpc) is 3.33. The van der Waals surface area contributed by atoms with Crippen LogP contribution in [0.25, 0.3) is 0 Å². The topological polar surface area (TPSA) is 111 Å². The maximum atomic E-state index is 12.8. The number of unbranched alkanes of at least 4 members (excludes halogenated alkanes) is 21. The zero-order valence-electron chi connectivity index (χ0n) is 46.1. The largest absolute Gasteiger partial charge is 0.756 e. The molecule has 0 aliphatic rings. The molecule has 0 saturated carbocycles. The molecular formula is C61H106NO8P. The van der Waals surface area contributed by atoms with E-state index in [1.807, 2.05) is 21.1 Å². The second kappa shape index (κ2) is 51.8. The van der Waals surface area contributed by atoms with Gasteiger partial charge in [-0.05, 0) is 89.9 Å². The summed E-state index contributed by atoms with van der Waals surface area (Å²) in [6, 6.07) is 0. The summed E-state index contributed by atoms with van der Waals surface area (Å²) in [5, 5.41) is 0. The second-order valence-corrected chi connectivity index (χ2v) is 21.3.